The lowest BCUT2D eigenvalue weighted by Crippen LogP contribution is -2.52. The summed E-state index contributed by atoms with van der Waals surface area (Å²) in [5.74, 6) is 0.441. The Labute approximate surface area is 847 Å². The van der Waals surface area contributed by atoms with E-state index in [0.29, 0.717) is 63.4 Å². The molecule has 12 unspecified atom stereocenters. The SMILES string of the molecule is CCc1ccc([C@@H]2O[C@H](SC)[C@@H](O)[C@H](O)[C@H]2O)cc1Cc1ccc(OC2CCN(C3COC(c4cc(F)ccc4F)C(N)C3)C2)c(C)c1.CCc1ccc([C@@H]2O[C@H](SC)[C@@H](O)[C@H](O)[C@H]2O)cc1Cc1ccc(OC2CCN(C3COC(c4cc(F)ccc4F)C(N)C3)C2)cc1.CS[C@H]1O[C@@H](c2ccc(C(C)C)c(Cc3ccc(OC4CCN(C5COC(c6cc(C)ccc6F)C(N)C5)C4)cc3)c2)[C@H](O)[C@@H](O)[C@@H]1O. The molecule has 9 aliphatic rings. The van der Waals surface area contributed by atoms with Crippen molar-refractivity contribution in [2.45, 2.75) is 281 Å². The second-order valence-corrected chi connectivity index (χ2v) is 42.8. The van der Waals surface area contributed by atoms with E-state index in [9.17, 15) is 67.9 Å². The van der Waals surface area contributed by atoms with Crippen LogP contribution >= 0.6 is 35.3 Å². The summed E-state index contributed by atoms with van der Waals surface area (Å²) < 4.78 is 126. The van der Waals surface area contributed by atoms with Crippen LogP contribution in [0.15, 0.2) is 176 Å². The van der Waals surface area contributed by atoms with Crippen molar-refractivity contribution in [3.05, 3.63) is 300 Å². The van der Waals surface area contributed by atoms with Crippen LogP contribution in [0, 0.1) is 42.9 Å². The van der Waals surface area contributed by atoms with Gasteiger partial charge in [-0.2, -0.15) is 0 Å². The Morgan fingerprint density at radius 2 is 0.720 bits per heavy atom. The Bertz CT molecular complexity index is 5720. The molecule has 0 amide bonds. The number of aliphatic hydroxyl groups excluding tert-OH is 9. The lowest BCUT2D eigenvalue weighted by molar-refractivity contribution is -0.200. The molecule has 774 valence electrons. The highest BCUT2D eigenvalue weighted by Crippen LogP contribution is 2.45. The molecule has 0 saturated carbocycles. The number of benzene rings is 9. The van der Waals surface area contributed by atoms with E-state index in [1.807, 2.05) is 99.0 Å². The van der Waals surface area contributed by atoms with Gasteiger partial charge < -0.3 is 106 Å². The number of nitrogens with zero attached hydrogens (tertiary/aromatic N) is 3. The Hall–Kier alpha value is -7.76. The molecule has 15 N–H and O–H groups in total. The maximum atomic E-state index is 14.5. The van der Waals surface area contributed by atoms with Gasteiger partial charge in [-0.05, 0) is 254 Å². The summed E-state index contributed by atoms with van der Waals surface area (Å²) in [4.78, 5) is 7.01. The molecule has 9 aliphatic heterocycles. The first-order valence-electron chi connectivity index (χ1n) is 50.0. The fourth-order valence-corrected chi connectivity index (χ4v) is 23.8. The lowest BCUT2D eigenvalue weighted by atomic mass is 9.88. The molecule has 9 aromatic rings. The van der Waals surface area contributed by atoms with Gasteiger partial charge in [-0.3, -0.25) is 14.7 Å². The van der Waals surface area contributed by atoms with Gasteiger partial charge in [-0.15, -0.1) is 35.3 Å². The standard InChI is InChI=1S/C38H49FN2O6S.C37H46F2N2O6S.C36H44F2N2O6S/c1-21(2)29-11-8-24(36-34(43)33(42)35(44)38(47-36)48-4)17-25(29)16-23-6-9-27(10-7-23)46-28-13-14-41(19-28)26-18-32(40)37(45-20-26)30-15-22(3)5-12-31(30)39;1-4-22-6-7-23(35-33(43)32(42)34(44)37(47-35)48-3)15-24(22)14-21-5-10-31(20(2)13-21)46-27-11-12-41(18-27)26-17-30(40)36(45-19-26)28-16-25(38)8-9-29(28)39;1-3-21-6-7-22(34-32(42)31(41)33(43)36(46-34)47-2)15-23(21)14-20-4-9-26(10-5-20)45-27-12-13-40(18-27)25-17-30(39)35(44-19-25)28-16-24(37)8-11-29(28)38/h5-12,15,17,21,26,28,32-38,42-44H,13-14,16,18-20,40H2,1-4H3;5-10,13,15-16,26-27,30,32-37,42-44H,4,11-12,14,17-19,40H2,1-3H3;4-11,15-16,25,27,30-36,41-43H,3,12-14,17-19,39H2,1-2H3/t26?,28?,32?,33-,34-,35+,36+,37?,38-;26?,27?,30?,32-,33-,34+,35+,36?,37-;25?,27?,30?,31-,32-,33+,34+,35?,36-/m111/s1. The summed E-state index contributed by atoms with van der Waals surface area (Å²) >= 11 is 3.92. The molecule has 9 fully saturated rings. The normalized spacial score (nSPS) is 31.4. The zero-order valence-electron chi connectivity index (χ0n) is 82.4. The Balaban J connectivity index is 0.000000154. The molecule has 143 heavy (non-hydrogen) atoms. The molecular weight excluding hydrogens is 1900 g/mol. The number of rotatable bonds is 27. The van der Waals surface area contributed by atoms with E-state index in [1.54, 1.807) is 18.6 Å². The Morgan fingerprint density at radius 1 is 0.371 bits per heavy atom. The maximum Gasteiger partial charge on any atom is 0.132 e. The summed E-state index contributed by atoms with van der Waals surface area (Å²) in [7, 11) is 0. The lowest BCUT2D eigenvalue weighted by Gasteiger charge is -2.40. The molecule has 9 aromatic carbocycles. The third-order valence-electron chi connectivity index (χ3n) is 29.8. The van der Waals surface area contributed by atoms with Crippen LogP contribution < -0.4 is 31.4 Å². The van der Waals surface area contributed by atoms with Crippen molar-refractivity contribution in [2.75, 3.05) is 77.9 Å². The number of halogens is 5. The summed E-state index contributed by atoms with van der Waals surface area (Å²) in [6.07, 6.45) is -1.23. The number of aliphatic hydroxyl groups is 9. The van der Waals surface area contributed by atoms with Gasteiger partial charge in [-0.1, -0.05) is 136 Å². The average molecular weight is 2040 g/mol. The summed E-state index contributed by atoms with van der Waals surface area (Å²) in [6.45, 7) is 18.6. The van der Waals surface area contributed by atoms with E-state index < -0.39 is 143 Å². The van der Waals surface area contributed by atoms with Gasteiger partial charge in [0.1, 0.15) is 173 Å². The fraction of sp³-hybridized carbons (Fsp3) is 0.514. The van der Waals surface area contributed by atoms with E-state index in [-0.39, 0.29) is 59.4 Å². The van der Waals surface area contributed by atoms with Crippen LogP contribution in [0.4, 0.5) is 22.0 Å². The third-order valence-corrected chi connectivity index (χ3v) is 32.4. The molecule has 0 aliphatic carbocycles. The number of hydrogen-bond donors (Lipinski definition) is 12. The second kappa shape index (κ2) is 48.7. The van der Waals surface area contributed by atoms with Crippen LogP contribution in [-0.4, -0.2) is 264 Å². The molecular formula is C111H139F5N6O18S3. The van der Waals surface area contributed by atoms with Gasteiger partial charge in [0.25, 0.3) is 0 Å². The highest BCUT2D eigenvalue weighted by atomic mass is 32.2. The van der Waals surface area contributed by atoms with Crippen molar-refractivity contribution in [1.82, 2.24) is 14.7 Å². The van der Waals surface area contributed by atoms with Gasteiger partial charge in [0.2, 0.25) is 0 Å². The van der Waals surface area contributed by atoms with Crippen LogP contribution in [0.25, 0.3) is 0 Å². The van der Waals surface area contributed by atoms with Gasteiger partial charge in [0.15, 0.2) is 0 Å². The monoisotopic (exact) mass is 2030 g/mol. The summed E-state index contributed by atoms with van der Waals surface area (Å²) in [5, 5.41) is 94.4. The first kappa shape index (κ1) is 108. The van der Waals surface area contributed by atoms with Crippen molar-refractivity contribution in [1.29, 1.82) is 0 Å². The molecule has 0 spiro atoms. The number of ether oxygens (including phenoxy) is 9. The third kappa shape index (κ3) is 25.5. The zero-order valence-corrected chi connectivity index (χ0v) is 84.9. The zero-order chi connectivity index (χ0) is 101. The van der Waals surface area contributed by atoms with Crippen molar-refractivity contribution in [3.8, 4) is 17.2 Å². The average Bonchev–Trinajstić information content (AvgIpc) is 1.46. The van der Waals surface area contributed by atoms with E-state index in [0.717, 1.165) is 181 Å². The molecule has 0 bridgehead atoms. The minimum absolute atomic E-state index is 0.00781. The fourth-order valence-electron chi connectivity index (χ4n) is 21.8. The molecule has 18 rings (SSSR count). The van der Waals surface area contributed by atoms with Gasteiger partial charge >= 0.3 is 0 Å². The Morgan fingerprint density at radius 3 is 1.09 bits per heavy atom. The molecule has 0 aromatic heterocycles. The van der Waals surface area contributed by atoms with Crippen LogP contribution in [0.2, 0.25) is 0 Å². The molecule has 32 heteroatoms. The first-order chi connectivity index (χ1) is 68.7. The van der Waals surface area contributed by atoms with Gasteiger partial charge in [0, 0.05) is 92.2 Å². The van der Waals surface area contributed by atoms with Crippen molar-refractivity contribution in [2.24, 2.45) is 17.2 Å². The summed E-state index contributed by atoms with van der Waals surface area (Å²) in [6, 6.07) is 51.7. The molecule has 24 nitrogen and oxygen atoms in total. The number of likely N-dealkylation sites (tertiary alicyclic amines) is 3. The van der Waals surface area contributed by atoms with E-state index >= 15 is 0 Å². The van der Waals surface area contributed by atoms with Gasteiger partial charge in [0.05, 0.1) is 19.8 Å². The quantitative estimate of drug-likeness (QED) is 0.0213. The highest BCUT2D eigenvalue weighted by Gasteiger charge is 2.49. The molecule has 27 atom stereocenters. The van der Waals surface area contributed by atoms with E-state index in [4.69, 9.17) is 59.8 Å². The van der Waals surface area contributed by atoms with E-state index in [1.165, 1.54) is 70.2 Å². The largest absolute Gasteiger partial charge is 0.489 e. The number of thioether (sulfide) groups is 3. The van der Waals surface area contributed by atoms with Crippen LogP contribution in [0.5, 0.6) is 17.2 Å². The highest BCUT2D eigenvalue weighted by molar-refractivity contribution is 7.99. The first-order valence-corrected chi connectivity index (χ1v) is 53.9. The predicted octanol–water partition coefficient (Wildman–Crippen LogP) is 13.9. The predicted molar refractivity (Wildman–Crippen MR) is 543 cm³/mol. The van der Waals surface area contributed by atoms with E-state index in [2.05, 4.69) is 90.9 Å². The van der Waals surface area contributed by atoms with Crippen molar-refractivity contribution < 1.29 is 111 Å². The number of hydrogen-bond acceptors (Lipinski definition) is 27. The van der Waals surface area contributed by atoms with Crippen LogP contribution in [0.1, 0.15) is 203 Å². The van der Waals surface area contributed by atoms with Gasteiger partial charge in [-0.25, -0.2) is 22.0 Å². The van der Waals surface area contributed by atoms with Crippen LogP contribution in [-0.2, 0) is 60.5 Å². The second-order valence-electron chi connectivity index (χ2n) is 40.0. The maximum absolute atomic E-state index is 14.5. The van der Waals surface area contributed by atoms with Crippen molar-refractivity contribution >= 4 is 35.3 Å². The number of aryl methyl sites for hydroxylation is 4. The topological polar surface area (TPSA) is 353 Å². The molecule has 9 saturated heterocycles. The van der Waals surface area contributed by atoms with Crippen LogP contribution in [0.3, 0.4) is 0 Å². The van der Waals surface area contributed by atoms with Crippen molar-refractivity contribution in [3.63, 3.8) is 0 Å². The minimum Gasteiger partial charge on any atom is -0.489 e. The molecule has 9 heterocycles. The summed E-state index contributed by atoms with van der Waals surface area (Å²) in [5.41, 5.74) is 33.0. The molecule has 0 radical (unpaired) electrons. The Kier molecular flexibility index (Phi) is 36.8. The number of nitrogens with two attached hydrogens (primary N) is 3. The smallest absolute Gasteiger partial charge is 0.132 e. The minimum atomic E-state index is -1.30.